The van der Waals surface area contributed by atoms with Gasteiger partial charge < -0.3 is 16.0 Å². The van der Waals surface area contributed by atoms with Crippen molar-refractivity contribution in [2.45, 2.75) is 13.5 Å². The highest BCUT2D eigenvalue weighted by molar-refractivity contribution is 7.13. The number of carbonyl (C=O) groups is 1. The van der Waals surface area contributed by atoms with Gasteiger partial charge in [-0.1, -0.05) is 13.0 Å². The molecule has 1 saturated heterocycles. The van der Waals surface area contributed by atoms with Crippen molar-refractivity contribution in [1.29, 1.82) is 0 Å². The van der Waals surface area contributed by atoms with Gasteiger partial charge in [0.05, 0.1) is 5.69 Å². The van der Waals surface area contributed by atoms with Gasteiger partial charge in [0.15, 0.2) is 5.13 Å². The van der Waals surface area contributed by atoms with Crippen molar-refractivity contribution in [3.8, 4) is 0 Å². The van der Waals surface area contributed by atoms with E-state index < -0.39 is 0 Å². The highest BCUT2D eigenvalue weighted by Crippen LogP contribution is 2.19. The lowest BCUT2D eigenvalue weighted by Crippen LogP contribution is -2.46. The zero-order valence-electron chi connectivity index (χ0n) is 15.6. The second-order valence-electron chi connectivity index (χ2n) is 6.22. The van der Waals surface area contributed by atoms with Crippen LogP contribution in [0.1, 0.15) is 12.6 Å². The Kier molecular flexibility index (Phi) is 12.6. The van der Waals surface area contributed by atoms with Crippen LogP contribution in [-0.4, -0.2) is 53.5 Å². The van der Waals surface area contributed by atoms with E-state index in [0.717, 1.165) is 44.2 Å². The van der Waals surface area contributed by atoms with Crippen LogP contribution in [0.15, 0.2) is 29.8 Å². The zero-order chi connectivity index (χ0) is 17.6. The molecule has 1 aliphatic heterocycles. The number of carbonyl (C=O) groups excluding carboxylic acids is 1. The number of nitrogens with zero attached hydrogens (tertiary/aromatic N) is 4. The molecule has 2 aromatic heterocycles. The molecule has 1 fully saturated rings. The molecular formula is C17H27Cl3N6OS. The van der Waals surface area contributed by atoms with Crippen LogP contribution in [0.5, 0.6) is 0 Å². The maximum atomic E-state index is 11.9. The number of halogens is 3. The fraction of sp³-hybridized carbons (Fsp3) is 0.471. The number of nitrogens with two attached hydrogens (primary N) is 1. The van der Waals surface area contributed by atoms with E-state index in [2.05, 4.69) is 25.1 Å². The summed E-state index contributed by atoms with van der Waals surface area (Å²) in [6.07, 6.45) is 1.83. The molecule has 0 aliphatic carbocycles. The number of amides is 1. The lowest BCUT2D eigenvalue weighted by Gasteiger charge is -2.35. The van der Waals surface area contributed by atoms with E-state index >= 15 is 0 Å². The molecule has 3 rings (SSSR count). The highest BCUT2D eigenvalue weighted by Gasteiger charge is 2.19. The molecule has 28 heavy (non-hydrogen) atoms. The molecule has 3 N–H and O–H groups in total. The van der Waals surface area contributed by atoms with Crippen molar-refractivity contribution in [2.24, 2.45) is 11.7 Å². The molecule has 0 radical (unpaired) electrons. The van der Waals surface area contributed by atoms with Crippen LogP contribution in [0.3, 0.4) is 0 Å². The molecule has 0 spiro atoms. The minimum absolute atomic E-state index is 0. The molecule has 0 bridgehead atoms. The van der Waals surface area contributed by atoms with Crippen molar-refractivity contribution in [1.82, 2.24) is 14.9 Å². The number of rotatable bonds is 6. The van der Waals surface area contributed by atoms with Crippen molar-refractivity contribution in [3.05, 3.63) is 35.5 Å². The third-order valence-electron chi connectivity index (χ3n) is 4.31. The summed E-state index contributed by atoms with van der Waals surface area (Å²) >= 11 is 1.46. The summed E-state index contributed by atoms with van der Waals surface area (Å²) in [6, 6.07) is 6.01. The molecule has 0 saturated carbocycles. The van der Waals surface area contributed by atoms with Gasteiger partial charge in [-0.2, -0.15) is 0 Å². The molecule has 158 valence electrons. The standard InChI is InChI=1S/C17H24N6OS.3ClH/c1-13(10-18)16(24)21-17-20-14(12-25-17)11-22-6-8-23(9-7-22)15-4-2-3-5-19-15;;;/h2-5,12-13H,6-11,18H2,1H3,(H,20,21,24);3*1H. The van der Waals surface area contributed by atoms with Gasteiger partial charge in [-0.15, -0.1) is 48.6 Å². The van der Waals surface area contributed by atoms with E-state index in [1.54, 1.807) is 0 Å². The third kappa shape index (κ3) is 7.35. The van der Waals surface area contributed by atoms with Crippen LogP contribution in [-0.2, 0) is 11.3 Å². The summed E-state index contributed by atoms with van der Waals surface area (Å²) in [5.74, 6) is 0.759. The first-order chi connectivity index (χ1) is 12.2. The Morgan fingerprint density at radius 3 is 2.57 bits per heavy atom. The van der Waals surface area contributed by atoms with Crippen LogP contribution in [0.2, 0.25) is 0 Å². The van der Waals surface area contributed by atoms with Gasteiger partial charge in [-0.3, -0.25) is 9.69 Å². The normalized spacial score (nSPS) is 14.9. The number of hydrogen-bond donors (Lipinski definition) is 2. The van der Waals surface area contributed by atoms with Gasteiger partial charge in [-0.25, -0.2) is 9.97 Å². The van der Waals surface area contributed by atoms with E-state index in [0.29, 0.717) is 11.7 Å². The molecule has 11 heteroatoms. The fourth-order valence-electron chi connectivity index (χ4n) is 2.68. The Morgan fingerprint density at radius 2 is 1.96 bits per heavy atom. The Morgan fingerprint density at radius 1 is 1.25 bits per heavy atom. The number of hydrogen-bond acceptors (Lipinski definition) is 7. The SMILES string of the molecule is CC(CN)C(=O)Nc1nc(CN2CCN(c3ccccn3)CC2)cs1.Cl.Cl.Cl. The lowest BCUT2D eigenvalue weighted by atomic mass is 10.2. The number of pyridine rings is 1. The Hall–Kier alpha value is -1.16. The highest BCUT2D eigenvalue weighted by atomic mass is 35.5. The largest absolute Gasteiger partial charge is 0.354 e. The van der Waals surface area contributed by atoms with E-state index in [9.17, 15) is 4.79 Å². The van der Waals surface area contributed by atoms with Crippen molar-refractivity contribution >= 4 is 65.4 Å². The van der Waals surface area contributed by atoms with Crippen LogP contribution in [0.25, 0.3) is 0 Å². The summed E-state index contributed by atoms with van der Waals surface area (Å²) in [5.41, 5.74) is 6.51. The van der Waals surface area contributed by atoms with Gasteiger partial charge in [0, 0.05) is 56.8 Å². The van der Waals surface area contributed by atoms with Gasteiger partial charge in [0.2, 0.25) is 5.91 Å². The summed E-state index contributed by atoms with van der Waals surface area (Å²) in [5, 5.41) is 5.49. The molecule has 2 aromatic rings. The smallest absolute Gasteiger partial charge is 0.230 e. The van der Waals surface area contributed by atoms with Crippen LogP contribution >= 0.6 is 48.6 Å². The summed E-state index contributed by atoms with van der Waals surface area (Å²) < 4.78 is 0. The number of anilines is 2. The summed E-state index contributed by atoms with van der Waals surface area (Å²) in [7, 11) is 0. The van der Waals surface area contributed by atoms with Gasteiger partial charge in [0.25, 0.3) is 0 Å². The van der Waals surface area contributed by atoms with E-state index in [4.69, 9.17) is 5.73 Å². The van der Waals surface area contributed by atoms with Gasteiger partial charge in [0.1, 0.15) is 5.82 Å². The minimum Gasteiger partial charge on any atom is -0.354 e. The molecule has 1 aliphatic rings. The number of piperazine rings is 1. The molecule has 3 heterocycles. The molecular weight excluding hydrogens is 443 g/mol. The first-order valence-corrected chi connectivity index (χ1v) is 9.37. The average molecular weight is 470 g/mol. The Bertz CT molecular complexity index is 697. The van der Waals surface area contributed by atoms with Crippen molar-refractivity contribution in [3.63, 3.8) is 0 Å². The number of nitrogens with one attached hydrogen (secondary N) is 1. The molecule has 0 aromatic carbocycles. The van der Waals surface area contributed by atoms with Crippen molar-refractivity contribution in [2.75, 3.05) is 42.9 Å². The number of thiazole rings is 1. The average Bonchev–Trinajstić information content (AvgIpc) is 3.09. The predicted molar refractivity (Wildman–Crippen MR) is 122 cm³/mol. The third-order valence-corrected chi connectivity index (χ3v) is 5.12. The maximum absolute atomic E-state index is 11.9. The first-order valence-electron chi connectivity index (χ1n) is 8.49. The Labute approximate surface area is 188 Å². The topological polar surface area (TPSA) is 87.4 Å². The molecule has 1 amide bonds. The quantitative estimate of drug-likeness (QED) is 0.676. The fourth-order valence-corrected chi connectivity index (χ4v) is 3.38. The van der Waals surface area contributed by atoms with Gasteiger partial charge >= 0.3 is 0 Å². The van der Waals surface area contributed by atoms with Crippen LogP contribution in [0, 0.1) is 5.92 Å². The molecule has 7 nitrogen and oxygen atoms in total. The number of aromatic nitrogens is 2. The van der Waals surface area contributed by atoms with E-state index in [1.807, 2.05) is 36.7 Å². The van der Waals surface area contributed by atoms with E-state index in [1.165, 1.54) is 11.3 Å². The first kappa shape index (κ1) is 26.8. The second-order valence-corrected chi connectivity index (χ2v) is 7.08. The predicted octanol–water partition coefficient (Wildman–Crippen LogP) is 2.66. The van der Waals surface area contributed by atoms with Crippen LogP contribution in [0.4, 0.5) is 10.9 Å². The maximum Gasteiger partial charge on any atom is 0.230 e. The monoisotopic (exact) mass is 468 g/mol. The summed E-state index contributed by atoms with van der Waals surface area (Å²) in [4.78, 5) is 25.5. The van der Waals surface area contributed by atoms with Crippen molar-refractivity contribution < 1.29 is 4.79 Å². The second kappa shape index (κ2) is 13.1. The Balaban J connectivity index is 0.00000243. The summed E-state index contributed by atoms with van der Waals surface area (Å²) in [6.45, 7) is 6.81. The van der Waals surface area contributed by atoms with Crippen LogP contribution < -0.4 is 16.0 Å². The molecule has 1 atom stereocenters. The lowest BCUT2D eigenvalue weighted by molar-refractivity contribution is -0.119. The van der Waals surface area contributed by atoms with Gasteiger partial charge in [-0.05, 0) is 12.1 Å². The van der Waals surface area contributed by atoms with E-state index in [-0.39, 0.29) is 49.0 Å². The minimum atomic E-state index is -0.202. The molecule has 1 unspecified atom stereocenters. The zero-order valence-corrected chi connectivity index (χ0v) is 18.9.